The average Bonchev–Trinajstić information content (AvgIpc) is 2.85. The summed E-state index contributed by atoms with van der Waals surface area (Å²) in [6.07, 6.45) is 6.43. The van der Waals surface area contributed by atoms with E-state index in [2.05, 4.69) is 10.3 Å². The maximum absolute atomic E-state index is 12.2. The second kappa shape index (κ2) is 5.01. The lowest BCUT2D eigenvalue weighted by molar-refractivity contribution is 0.0862. The maximum Gasteiger partial charge on any atom is 0.270 e. The van der Waals surface area contributed by atoms with Crippen molar-refractivity contribution in [3.63, 3.8) is 0 Å². The zero-order valence-corrected chi connectivity index (χ0v) is 10.6. The summed E-state index contributed by atoms with van der Waals surface area (Å²) in [7, 11) is 0. The van der Waals surface area contributed by atoms with Gasteiger partial charge in [0.15, 0.2) is 0 Å². The van der Waals surface area contributed by atoms with Crippen molar-refractivity contribution in [1.82, 2.24) is 14.7 Å². The van der Waals surface area contributed by atoms with Crippen LogP contribution in [0.3, 0.4) is 0 Å². The molecule has 5 heteroatoms. The number of fused-ring (bicyclic) bond motifs is 1. The first-order valence-corrected chi connectivity index (χ1v) is 6.65. The molecule has 1 saturated carbocycles. The molecule has 2 heterocycles. The number of carbonyl (C=O) groups is 1. The van der Waals surface area contributed by atoms with Crippen LogP contribution in [0.5, 0.6) is 0 Å². The molecule has 1 fully saturated rings. The van der Waals surface area contributed by atoms with Gasteiger partial charge < -0.3 is 10.4 Å². The van der Waals surface area contributed by atoms with Gasteiger partial charge in [-0.1, -0.05) is 6.07 Å². The summed E-state index contributed by atoms with van der Waals surface area (Å²) >= 11 is 0. The Morgan fingerprint density at radius 1 is 1.32 bits per heavy atom. The van der Waals surface area contributed by atoms with Gasteiger partial charge in [-0.3, -0.25) is 9.20 Å². The minimum atomic E-state index is -0.205. The molecule has 2 aromatic rings. The second-order valence-electron chi connectivity index (χ2n) is 5.05. The van der Waals surface area contributed by atoms with Gasteiger partial charge in [0.2, 0.25) is 0 Å². The molecule has 0 radical (unpaired) electrons. The summed E-state index contributed by atoms with van der Waals surface area (Å²) in [6, 6.07) is 5.80. The highest BCUT2D eigenvalue weighted by Crippen LogP contribution is 2.18. The minimum Gasteiger partial charge on any atom is -0.393 e. The van der Waals surface area contributed by atoms with Gasteiger partial charge in [-0.2, -0.15) is 0 Å². The van der Waals surface area contributed by atoms with Gasteiger partial charge in [-0.05, 0) is 37.8 Å². The zero-order chi connectivity index (χ0) is 13.2. The van der Waals surface area contributed by atoms with Gasteiger partial charge in [0.1, 0.15) is 11.3 Å². The first-order chi connectivity index (χ1) is 9.24. The van der Waals surface area contributed by atoms with E-state index in [1.165, 1.54) is 0 Å². The molecule has 0 unspecified atom stereocenters. The second-order valence-corrected chi connectivity index (χ2v) is 5.05. The van der Waals surface area contributed by atoms with Crippen molar-refractivity contribution in [2.24, 2.45) is 0 Å². The van der Waals surface area contributed by atoms with Crippen molar-refractivity contribution >= 4 is 11.6 Å². The van der Waals surface area contributed by atoms with Crippen LogP contribution >= 0.6 is 0 Å². The molecule has 2 N–H and O–H groups in total. The summed E-state index contributed by atoms with van der Waals surface area (Å²) < 4.78 is 1.78. The number of aromatic nitrogens is 2. The minimum absolute atomic E-state index is 0.0971. The standard InChI is InChI=1S/C14H17N3O2/c18-11-6-4-10(5-7-11)16-14(19)12-9-15-13-3-1-2-8-17(12)13/h1-3,8-11,18H,4-7H2,(H,16,19). The molecular weight excluding hydrogens is 242 g/mol. The smallest absolute Gasteiger partial charge is 0.270 e. The van der Waals surface area contributed by atoms with Gasteiger partial charge in [0, 0.05) is 12.2 Å². The van der Waals surface area contributed by atoms with Crippen LogP contribution in [0.2, 0.25) is 0 Å². The van der Waals surface area contributed by atoms with E-state index < -0.39 is 0 Å². The Balaban J connectivity index is 1.73. The third kappa shape index (κ3) is 2.46. The SMILES string of the molecule is O=C(NC1CCC(O)CC1)c1cnc2ccccn12. The molecule has 100 valence electrons. The molecule has 0 saturated heterocycles. The van der Waals surface area contributed by atoms with E-state index in [0.29, 0.717) is 5.69 Å². The number of carbonyl (C=O) groups excluding carboxylic acids is 1. The molecule has 1 amide bonds. The monoisotopic (exact) mass is 259 g/mol. The average molecular weight is 259 g/mol. The molecule has 0 atom stereocenters. The number of hydrogen-bond donors (Lipinski definition) is 2. The Morgan fingerprint density at radius 2 is 2.11 bits per heavy atom. The molecule has 1 aliphatic carbocycles. The largest absolute Gasteiger partial charge is 0.393 e. The number of pyridine rings is 1. The normalized spacial score (nSPS) is 23.4. The molecule has 1 aliphatic rings. The number of rotatable bonds is 2. The molecular formula is C14H17N3O2. The van der Waals surface area contributed by atoms with Gasteiger partial charge >= 0.3 is 0 Å². The molecule has 0 spiro atoms. The third-order valence-corrected chi connectivity index (χ3v) is 3.68. The first-order valence-electron chi connectivity index (χ1n) is 6.65. The molecule has 0 aliphatic heterocycles. The van der Waals surface area contributed by atoms with Gasteiger partial charge in [-0.25, -0.2) is 4.98 Å². The van der Waals surface area contributed by atoms with E-state index in [0.717, 1.165) is 31.3 Å². The van der Waals surface area contributed by atoms with Gasteiger partial charge in [-0.15, -0.1) is 0 Å². The van der Waals surface area contributed by atoms with Crippen LogP contribution in [0.25, 0.3) is 5.65 Å². The van der Waals surface area contributed by atoms with Crippen LogP contribution in [0.15, 0.2) is 30.6 Å². The Kier molecular flexibility index (Phi) is 3.21. The Labute approximate surface area is 111 Å². The van der Waals surface area contributed by atoms with Crippen molar-refractivity contribution in [2.45, 2.75) is 37.8 Å². The number of imidazole rings is 1. The van der Waals surface area contributed by atoms with Crippen molar-refractivity contribution in [1.29, 1.82) is 0 Å². The van der Waals surface area contributed by atoms with Crippen molar-refractivity contribution in [2.75, 3.05) is 0 Å². The Bertz CT molecular complexity index is 585. The molecule has 19 heavy (non-hydrogen) atoms. The molecule has 0 bridgehead atoms. The van der Waals surface area contributed by atoms with Crippen molar-refractivity contribution < 1.29 is 9.90 Å². The quantitative estimate of drug-likeness (QED) is 0.856. The van der Waals surface area contributed by atoms with Crippen LogP contribution in [0.1, 0.15) is 36.2 Å². The number of aliphatic hydroxyl groups excluding tert-OH is 1. The summed E-state index contributed by atoms with van der Waals surface area (Å²) in [4.78, 5) is 16.4. The van der Waals surface area contributed by atoms with Crippen LogP contribution in [-0.2, 0) is 0 Å². The molecule has 5 nitrogen and oxygen atoms in total. The highest BCUT2D eigenvalue weighted by Gasteiger charge is 2.22. The van der Waals surface area contributed by atoms with E-state index >= 15 is 0 Å². The lowest BCUT2D eigenvalue weighted by Gasteiger charge is -2.26. The van der Waals surface area contributed by atoms with E-state index in [9.17, 15) is 9.90 Å². The van der Waals surface area contributed by atoms with Crippen LogP contribution in [0.4, 0.5) is 0 Å². The van der Waals surface area contributed by atoms with E-state index in [4.69, 9.17) is 0 Å². The Morgan fingerprint density at radius 3 is 2.89 bits per heavy atom. The van der Waals surface area contributed by atoms with Gasteiger partial charge in [0.25, 0.3) is 5.91 Å². The summed E-state index contributed by atoms with van der Waals surface area (Å²) in [5.41, 5.74) is 1.33. The summed E-state index contributed by atoms with van der Waals surface area (Å²) in [6.45, 7) is 0. The van der Waals surface area contributed by atoms with Crippen LogP contribution in [-0.4, -0.2) is 32.5 Å². The molecule has 3 rings (SSSR count). The van der Waals surface area contributed by atoms with Crippen molar-refractivity contribution in [3.05, 3.63) is 36.3 Å². The van der Waals surface area contributed by atoms with Gasteiger partial charge in [0.05, 0.1) is 12.3 Å². The number of nitrogens with zero attached hydrogens (tertiary/aromatic N) is 2. The fourth-order valence-corrected chi connectivity index (χ4v) is 2.58. The third-order valence-electron chi connectivity index (χ3n) is 3.68. The van der Waals surface area contributed by atoms with E-state index in [-0.39, 0.29) is 18.1 Å². The highest BCUT2D eigenvalue weighted by atomic mass is 16.3. The van der Waals surface area contributed by atoms with Crippen LogP contribution in [0, 0.1) is 0 Å². The zero-order valence-electron chi connectivity index (χ0n) is 10.6. The fourth-order valence-electron chi connectivity index (χ4n) is 2.58. The predicted octanol–water partition coefficient (Wildman–Crippen LogP) is 1.37. The fraction of sp³-hybridized carbons (Fsp3) is 0.429. The number of amides is 1. The highest BCUT2D eigenvalue weighted by molar-refractivity contribution is 5.93. The molecule has 0 aromatic carbocycles. The first kappa shape index (κ1) is 12.2. The molecule has 2 aromatic heterocycles. The summed E-state index contributed by atoms with van der Waals surface area (Å²) in [5, 5.41) is 12.5. The van der Waals surface area contributed by atoms with E-state index in [1.54, 1.807) is 10.6 Å². The summed E-state index contributed by atoms with van der Waals surface area (Å²) in [5.74, 6) is -0.0971. The lowest BCUT2D eigenvalue weighted by Crippen LogP contribution is -2.39. The van der Waals surface area contributed by atoms with Crippen LogP contribution < -0.4 is 5.32 Å². The van der Waals surface area contributed by atoms with E-state index in [1.807, 2.05) is 24.4 Å². The topological polar surface area (TPSA) is 66.6 Å². The number of nitrogens with one attached hydrogen (secondary N) is 1. The number of hydrogen-bond acceptors (Lipinski definition) is 3. The predicted molar refractivity (Wildman–Crippen MR) is 70.9 cm³/mol. The maximum atomic E-state index is 12.2. The Hall–Kier alpha value is -1.88. The van der Waals surface area contributed by atoms with Crippen molar-refractivity contribution in [3.8, 4) is 0 Å². The number of aliphatic hydroxyl groups is 1. The lowest BCUT2D eigenvalue weighted by atomic mass is 9.93.